The zero-order valence-electron chi connectivity index (χ0n) is 12.1. The lowest BCUT2D eigenvalue weighted by Crippen LogP contribution is -2.33. The number of thioether (sulfide) groups is 1. The highest BCUT2D eigenvalue weighted by molar-refractivity contribution is 7.99. The van der Waals surface area contributed by atoms with Crippen molar-refractivity contribution in [2.75, 3.05) is 41.4 Å². The van der Waals surface area contributed by atoms with Crippen molar-refractivity contribution in [2.45, 2.75) is 0 Å². The number of rotatable bonds is 5. The Labute approximate surface area is 133 Å². The SMILES string of the molecule is C=CCOC(=O)Nc1cc(C(=O)O)ccc1N1CCSCC1. The molecule has 0 atom stereocenters. The van der Waals surface area contributed by atoms with E-state index in [1.807, 2.05) is 11.8 Å². The molecule has 1 aromatic rings. The number of aromatic carboxylic acids is 1. The van der Waals surface area contributed by atoms with Crippen molar-refractivity contribution in [3.63, 3.8) is 0 Å². The zero-order chi connectivity index (χ0) is 15.9. The Morgan fingerprint density at radius 2 is 2.14 bits per heavy atom. The van der Waals surface area contributed by atoms with E-state index < -0.39 is 12.1 Å². The number of carboxylic acid groups (broad SMARTS) is 1. The summed E-state index contributed by atoms with van der Waals surface area (Å²) in [7, 11) is 0. The monoisotopic (exact) mass is 322 g/mol. The number of hydrogen-bond acceptors (Lipinski definition) is 5. The van der Waals surface area contributed by atoms with Gasteiger partial charge in [0.15, 0.2) is 0 Å². The highest BCUT2D eigenvalue weighted by atomic mass is 32.2. The average molecular weight is 322 g/mol. The van der Waals surface area contributed by atoms with Gasteiger partial charge in [0.1, 0.15) is 6.61 Å². The minimum absolute atomic E-state index is 0.0974. The van der Waals surface area contributed by atoms with Gasteiger partial charge >= 0.3 is 12.1 Å². The first-order chi connectivity index (χ1) is 10.6. The molecule has 0 saturated carbocycles. The van der Waals surface area contributed by atoms with Gasteiger partial charge in [0.2, 0.25) is 0 Å². The van der Waals surface area contributed by atoms with Crippen LogP contribution in [0.2, 0.25) is 0 Å². The molecule has 1 heterocycles. The van der Waals surface area contributed by atoms with E-state index in [2.05, 4.69) is 16.8 Å². The summed E-state index contributed by atoms with van der Waals surface area (Å²) in [6.45, 7) is 5.28. The standard InChI is InChI=1S/C15H18N2O4S/c1-2-7-21-15(20)16-12-10-11(14(18)19)3-4-13(12)17-5-8-22-9-6-17/h2-4,10H,1,5-9H2,(H,16,20)(H,18,19). The van der Waals surface area contributed by atoms with Crippen LogP contribution in [0.15, 0.2) is 30.9 Å². The predicted molar refractivity (Wildman–Crippen MR) is 88.1 cm³/mol. The van der Waals surface area contributed by atoms with Gasteiger partial charge in [-0.3, -0.25) is 5.32 Å². The zero-order valence-corrected chi connectivity index (χ0v) is 12.9. The maximum Gasteiger partial charge on any atom is 0.412 e. The number of nitrogens with zero attached hydrogens (tertiary/aromatic N) is 1. The van der Waals surface area contributed by atoms with Crippen molar-refractivity contribution >= 4 is 35.2 Å². The molecule has 7 heteroatoms. The van der Waals surface area contributed by atoms with Crippen LogP contribution in [0.25, 0.3) is 0 Å². The van der Waals surface area contributed by atoms with Crippen LogP contribution in [0.1, 0.15) is 10.4 Å². The van der Waals surface area contributed by atoms with Crippen LogP contribution in [-0.2, 0) is 4.74 Å². The number of amides is 1. The number of benzene rings is 1. The second kappa shape index (κ2) is 7.74. The van der Waals surface area contributed by atoms with Gasteiger partial charge in [0, 0.05) is 24.6 Å². The van der Waals surface area contributed by atoms with Crippen LogP contribution in [0, 0.1) is 0 Å². The molecule has 0 radical (unpaired) electrons. The van der Waals surface area contributed by atoms with Gasteiger partial charge in [-0.1, -0.05) is 12.7 Å². The molecule has 2 rings (SSSR count). The molecule has 118 valence electrons. The Morgan fingerprint density at radius 3 is 2.77 bits per heavy atom. The second-order valence-electron chi connectivity index (χ2n) is 4.65. The first-order valence-electron chi connectivity index (χ1n) is 6.86. The fourth-order valence-electron chi connectivity index (χ4n) is 2.13. The molecular weight excluding hydrogens is 304 g/mol. The minimum atomic E-state index is -1.04. The molecule has 0 bridgehead atoms. The van der Waals surface area contributed by atoms with Gasteiger partial charge in [-0.05, 0) is 18.2 Å². The van der Waals surface area contributed by atoms with Gasteiger partial charge in [-0.25, -0.2) is 9.59 Å². The number of carbonyl (C=O) groups excluding carboxylic acids is 1. The summed E-state index contributed by atoms with van der Waals surface area (Å²) in [4.78, 5) is 25.0. The lowest BCUT2D eigenvalue weighted by Gasteiger charge is -2.30. The van der Waals surface area contributed by atoms with E-state index in [1.54, 1.807) is 12.1 Å². The van der Waals surface area contributed by atoms with Gasteiger partial charge < -0.3 is 14.7 Å². The summed E-state index contributed by atoms with van der Waals surface area (Å²) in [5, 5.41) is 11.7. The number of ether oxygens (including phenoxy) is 1. The topological polar surface area (TPSA) is 78.9 Å². The van der Waals surface area contributed by atoms with Gasteiger partial charge in [0.25, 0.3) is 0 Å². The Hall–Kier alpha value is -2.15. The van der Waals surface area contributed by atoms with Gasteiger partial charge in [-0.15, -0.1) is 0 Å². The van der Waals surface area contributed by atoms with Gasteiger partial charge in [-0.2, -0.15) is 11.8 Å². The van der Waals surface area contributed by atoms with Crippen molar-refractivity contribution in [1.29, 1.82) is 0 Å². The van der Waals surface area contributed by atoms with Crippen LogP contribution < -0.4 is 10.2 Å². The molecule has 1 aliphatic heterocycles. The van der Waals surface area contributed by atoms with Crippen molar-refractivity contribution < 1.29 is 19.4 Å². The number of carboxylic acids is 1. The molecule has 6 nitrogen and oxygen atoms in total. The second-order valence-corrected chi connectivity index (χ2v) is 5.87. The first-order valence-corrected chi connectivity index (χ1v) is 8.02. The summed E-state index contributed by atoms with van der Waals surface area (Å²) in [6, 6.07) is 4.72. The van der Waals surface area contributed by atoms with Crippen LogP contribution in [0.5, 0.6) is 0 Å². The lowest BCUT2D eigenvalue weighted by atomic mass is 10.1. The van der Waals surface area contributed by atoms with Crippen molar-refractivity contribution in [2.24, 2.45) is 0 Å². The number of hydrogen-bond donors (Lipinski definition) is 2. The first kappa shape index (κ1) is 16.2. The molecule has 1 saturated heterocycles. The van der Waals surface area contributed by atoms with E-state index in [4.69, 9.17) is 9.84 Å². The fraction of sp³-hybridized carbons (Fsp3) is 0.333. The van der Waals surface area contributed by atoms with Crippen LogP contribution in [0.4, 0.5) is 16.2 Å². The highest BCUT2D eigenvalue weighted by Crippen LogP contribution is 2.29. The van der Waals surface area contributed by atoms with E-state index in [-0.39, 0.29) is 12.2 Å². The summed E-state index contributed by atoms with van der Waals surface area (Å²) in [6.07, 6.45) is 0.839. The third-order valence-corrected chi connectivity index (χ3v) is 4.11. The molecule has 0 spiro atoms. The number of nitrogens with one attached hydrogen (secondary N) is 1. The van der Waals surface area contributed by atoms with Crippen molar-refractivity contribution in [3.05, 3.63) is 36.4 Å². The van der Waals surface area contributed by atoms with E-state index in [1.165, 1.54) is 12.1 Å². The Balaban J connectivity index is 2.24. The average Bonchev–Trinajstić information content (AvgIpc) is 2.53. The normalized spacial score (nSPS) is 14.3. The maximum absolute atomic E-state index is 11.7. The quantitative estimate of drug-likeness (QED) is 0.812. The lowest BCUT2D eigenvalue weighted by molar-refractivity contribution is 0.0697. The molecule has 0 aliphatic carbocycles. The summed E-state index contributed by atoms with van der Waals surface area (Å²) >= 11 is 1.87. The molecule has 22 heavy (non-hydrogen) atoms. The molecule has 1 fully saturated rings. The largest absolute Gasteiger partial charge is 0.478 e. The maximum atomic E-state index is 11.7. The third kappa shape index (κ3) is 4.17. The van der Waals surface area contributed by atoms with Crippen LogP contribution in [0.3, 0.4) is 0 Å². The Kier molecular flexibility index (Phi) is 5.71. The molecule has 1 aliphatic rings. The van der Waals surface area contributed by atoms with Gasteiger partial charge in [0.05, 0.1) is 16.9 Å². The molecular formula is C15H18N2O4S. The predicted octanol–water partition coefficient (Wildman–Crippen LogP) is 2.67. The van der Waals surface area contributed by atoms with E-state index in [0.717, 1.165) is 30.3 Å². The molecule has 1 amide bonds. The van der Waals surface area contributed by atoms with Crippen LogP contribution in [-0.4, -0.2) is 48.4 Å². The van der Waals surface area contributed by atoms with Crippen molar-refractivity contribution in [1.82, 2.24) is 0 Å². The summed E-state index contributed by atoms with van der Waals surface area (Å²) in [5.41, 5.74) is 1.37. The van der Waals surface area contributed by atoms with E-state index in [9.17, 15) is 9.59 Å². The Bertz CT molecular complexity index is 571. The van der Waals surface area contributed by atoms with Crippen molar-refractivity contribution in [3.8, 4) is 0 Å². The molecule has 0 aromatic heterocycles. The van der Waals surface area contributed by atoms with E-state index >= 15 is 0 Å². The molecule has 2 N–H and O–H groups in total. The molecule has 0 unspecified atom stereocenters. The van der Waals surface area contributed by atoms with E-state index in [0.29, 0.717) is 5.69 Å². The number of carbonyl (C=O) groups is 2. The van der Waals surface area contributed by atoms with Crippen LogP contribution >= 0.6 is 11.8 Å². The fourth-order valence-corrected chi connectivity index (χ4v) is 3.03. The minimum Gasteiger partial charge on any atom is -0.478 e. The number of anilines is 2. The third-order valence-electron chi connectivity index (χ3n) is 3.16. The highest BCUT2D eigenvalue weighted by Gasteiger charge is 2.18. The smallest absolute Gasteiger partial charge is 0.412 e. The Morgan fingerprint density at radius 1 is 1.41 bits per heavy atom. The summed E-state index contributed by atoms with van der Waals surface area (Å²) in [5.74, 6) is 0.963. The molecule has 1 aromatic carbocycles. The summed E-state index contributed by atoms with van der Waals surface area (Å²) < 4.78 is 4.90.